The van der Waals surface area contributed by atoms with E-state index in [1.54, 1.807) is 7.11 Å². The van der Waals surface area contributed by atoms with Crippen LogP contribution in [-0.4, -0.2) is 7.11 Å². The molecule has 0 radical (unpaired) electrons. The fraction of sp³-hybridized carbons (Fsp3) is 0.143. The molecule has 0 unspecified atom stereocenters. The first-order chi connectivity index (χ1) is 8.24. The van der Waals surface area contributed by atoms with Crippen LogP contribution < -0.4 is 10.5 Å². The number of benzene rings is 2. The molecule has 0 saturated heterocycles. The van der Waals surface area contributed by atoms with Crippen LogP contribution in [0.5, 0.6) is 5.75 Å². The van der Waals surface area contributed by atoms with E-state index in [0.717, 1.165) is 27.5 Å². The van der Waals surface area contributed by atoms with E-state index in [1.807, 2.05) is 42.5 Å². The van der Waals surface area contributed by atoms with Gasteiger partial charge in [-0.15, -0.1) is 0 Å². The standard InChI is InChI=1S/C14H14ClNO/c1-17-12-5-3-11(4-6-12)13-8-10(9-16)2-7-14(13)15/h2-8H,9,16H2,1H3. The van der Waals surface area contributed by atoms with E-state index in [4.69, 9.17) is 22.1 Å². The van der Waals surface area contributed by atoms with E-state index in [0.29, 0.717) is 6.54 Å². The predicted octanol–water partition coefficient (Wildman–Crippen LogP) is 3.47. The van der Waals surface area contributed by atoms with Crippen LogP contribution in [0.1, 0.15) is 5.56 Å². The highest BCUT2D eigenvalue weighted by Crippen LogP contribution is 2.30. The molecule has 2 N–H and O–H groups in total. The van der Waals surface area contributed by atoms with Crippen molar-refractivity contribution in [3.8, 4) is 16.9 Å². The molecule has 0 aliphatic heterocycles. The molecule has 0 atom stereocenters. The Kier molecular flexibility index (Phi) is 3.67. The zero-order valence-electron chi connectivity index (χ0n) is 9.61. The van der Waals surface area contributed by atoms with Crippen LogP contribution in [0.15, 0.2) is 42.5 Å². The van der Waals surface area contributed by atoms with Crippen molar-refractivity contribution in [3.63, 3.8) is 0 Å². The van der Waals surface area contributed by atoms with Crippen LogP contribution in [0.3, 0.4) is 0 Å². The fourth-order valence-electron chi connectivity index (χ4n) is 1.69. The van der Waals surface area contributed by atoms with E-state index in [1.165, 1.54) is 0 Å². The highest BCUT2D eigenvalue weighted by molar-refractivity contribution is 6.33. The summed E-state index contributed by atoms with van der Waals surface area (Å²) in [5, 5.41) is 0.729. The Hall–Kier alpha value is -1.51. The van der Waals surface area contributed by atoms with Gasteiger partial charge in [0.25, 0.3) is 0 Å². The number of nitrogens with two attached hydrogens (primary N) is 1. The van der Waals surface area contributed by atoms with Gasteiger partial charge in [-0.05, 0) is 35.4 Å². The highest BCUT2D eigenvalue weighted by Gasteiger charge is 2.04. The number of hydrogen-bond acceptors (Lipinski definition) is 2. The third kappa shape index (κ3) is 2.60. The Morgan fingerprint density at radius 2 is 1.82 bits per heavy atom. The number of hydrogen-bond donors (Lipinski definition) is 1. The molecule has 3 heteroatoms. The van der Waals surface area contributed by atoms with Crippen LogP contribution in [0.2, 0.25) is 5.02 Å². The van der Waals surface area contributed by atoms with Gasteiger partial charge in [0.1, 0.15) is 5.75 Å². The number of halogens is 1. The quantitative estimate of drug-likeness (QED) is 0.901. The molecule has 0 fully saturated rings. The van der Waals surface area contributed by atoms with Crippen LogP contribution in [0, 0.1) is 0 Å². The van der Waals surface area contributed by atoms with E-state index < -0.39 is 0 Å². The molecule has 0 bridgehead atoms. The second-order valence-electron chi connectivity index (χ2n) is 3.75. The number of methoxy groups -OCH3 is 1. The molecule has 2 rings (SSSR count). The molecule has 0 aliphatic carbocycles. The van der Waals surface area contributed by atoms with Gasteiger partial charge in [0, 0.05) is 17.1 Å². The summed E-state index contributed by atoms with van der Waals surface area (Å²) >= 11 is 6.19. The van der Waals surface area contributed by atoms with Gasteiger partial charge >= 0.3 is 0 Å². The fourth-order valence-corrected chi connectivity index (χ4v) is 1.92. The van der Waals surface area contributed by atoms with E-state index in [-0.39, 0.29) is 0 Å². The summed E-state index contributed by atoms with van der Waals surface area (Å²) in [7, 11) is 1.65. The van der Waals surface area contributed by atoms with Gasteiger partial charge < -0.3 is 10.5 Å². The zero-order valence-corrected chi connectivity index (χ0v) is 10.4. The number of rotatable bonds is 3. The molecule has 0 heterocycles. The molecule has 2 aromatic rings. The maximum Gasteiger partial charge on any atom is 0.118 e. The third-order valence-electron chi connectivity index (χ3n) is 2.67. The first-order valence-corrected chi connectivity index (χ1v) is 5.75. The zero-order chi connectivity index (χ0) is 12.3. The van der Waals surface area contributed by atoms with Gasteiger partial charge in [-0.2, -0.15) is 0 Å². The molecule has 17 heavy (non-hydrogen) atoms. The van der Waals surface area contributed by atoms with Gasteiger partial charge in [-0.1, -0.05) is 29.8 Å². The molecule has 2 nitrogen and oxygen atoms in total. The Morgan fingerprint density at radius 3 is 2.41 bits per heavy atom. The monoisotopic (exact) mass is 247 g/mol. The first-order valence-electron chi connectivity index (χ1n) is 5.37. The average Bonchev–Trinajstić information content (AvgIpc) is 2.39. The molecular formula is C14H14ClNO. The van der Waals surface area contributed by atoms with Crippen molar-refractivity contribution in [1.29, 1.82) is 0 Å². The molecule has 2 aromatic carbocycles. The normalized spacial score (nSPS) is 10.3. The molecule has 0 amide bonds. The summed E-state index contributed by atoms with van der Waals surface area (Å²) < 4.78 is 5.13. The topological polar surface area (TPSA) is 35.2 Å². The maximum absolute atomic E-state index is 6.19. The second-order valence-corrected chi connectivity index (χ2v) is 4.15. The SMILES string of the molecule is COc1ccc(-c2cc(CN)ccc2Cl)cc1. The van der Waals surface area contributed by atoms with E-state index >= 15 is 0 Å². The maximum atomic E-state index is 6.19. The lowest BCUT2D eigenvalue weighted by molar-refractivity contribution is 0.415. The second kappa shape index (κ2) is 5.21. The molecular weight excluding hydrogens is 234 g/mol. The minimum atomic E-state index is 0.514. The lowest BCUT2D eigenvalue weighted by Crippen LogP contribution is -1.96. The van der Waals surface area contributed by atoms with Crippen molar-refractivity contribution >= 4 is 11.6 Å². The summed E-state index contributed by atoms with van der Waals surface area (Å²) in [6, 6.07) is 13.6. The Morgan fingerprint density at radius 1 is 1.12 bits per heavy atom. The molecule has 0 aromatic heterocycles. The van der Waals surface area contributed by atoms with E-state index in [2.05, 4.69) is 0 Å². The minimum Gasteiger partial charge on any atom is -0.497 e. The van der Waals surface area contributed by atoms with Crippen molar-refractivity contribution < 1.29 is 4.74 Å². The average molecular weight is 248 g/mol. The van der Waals surface area contributed by atoms with Crippen LogP contribution >= 0.6 is 11.6 Å². The minimum absolute atomic E-state index is 0.514. The Bertz CT molecular complexity index is 508. The Balaban J connectivity index is 2.43. The van der Waals surface area contributed by atoms with Gasteiger partial charge in [0.2, 0.25) is 0 Å². The molecule has 0 spiro atoms. The van der Waals surface area contributed by atoms with Crippen molar-refractivity contribution in [1.82, 2.24) is 0 Å². The van der Waals surface area contributed by atoms with Crippen LogP contribution in [0.4, 0.5) is 0 Å². The molecule has 88 valence electrons. The lowest BCUT2D eigenvalue weighted by Gasteiger charge is -2.08. The van der Waals surface area contributed by atoms with Crippen molar-refractivity contribution in [2.24, 2.45) is 5.73 Å². The van der Waals surface area contributed by atoms with Gasteiger partial charge in [-0.25, -0.2) is 0 Å². The van der Waals surface area contributed by atoms with Crippen molar-refractivity contribution in [3.05, 3.63) is 53.1 Å². The van der Waals surface area contributed by atoms with E-state index in [9.17, 15) is 0 Å². The first kappa shape index (κ1) is 12.0. The summed E-state index contributed by atoms with van der Waals surface area (Å²) in [6.45, 7) is 0.514. The number of ether oxygens (including phenoxy) is 1. The van der Waals surface area contributed by atoms with Crippen LogP contribution in [-0.2, 0) is 6.54 Å². The predicted molar refractivity (Wildman–Crippen MR) is 71.3 cm³/mol. The summed E-state index contributed by atoms with van der Waals surface area (Å²) in [6.07, 6.45) is 0. The van der Waals surface area contributed by atoms with Crippen molar-refractivity contribution in [2.75, 3.05) is 7.11 Å². The van der Waals surface area contributed by atoms with Crippen LogP contribution in [0.25, 0.3) is 11.1 Å². The smallest absolute Gasteiger partial charge is 0.118 e. The van der Waals surface area contributed by atoms with Gasteiger partial charge in [0.15, 0.2) is 0 Å². The summed E-state index contributed by atoms with van der Waals surface area (Å²) in [4.78, 5) is 0. The Labute approximate surface area is 106 Å². The summed E-state index contributed by atoms with van der Waals surface area (Å²) in [5.41, 5.74) is 8.76. The van der Waals surface area contributed by atoms with Crippen molar-refractivity contribution in [2.45, 2.75) is 6.54 Å². The van der Waals surface area contributed by atoms with Gasteiger partial charge in [0.05, 0.1) is 7.11 Å². The third-order valence-corrected chi connectivity index (χ3v) is 3.00. The largest absolute Gasteiger partial charge is 0.497 e. The molecule has 0 aliphatic rings. The molecule has 0 saturated carbocycles. The summed E-state index contributed by atoms with van der Waals surface area (Å²) in [5.74, 6) is 0.833. The lowest BCUT2D eigenvalue weighted by atomic mass is 10.0. The van der Waals surface area contributed by atoms with Gasteiger partial charge in [-0.3, -0.25) is 0 Å². The highest BCUT2D eigenvalue weighted by atomic mass is 35.5.